The molecule has 1 amide bonds. The molecule has 0 spiro atoms. The maximum atomic E-state index is 11.8. The van der Waals surface area contributed by atoms with E-state index in [1.165, 1.54) is 0 Å². The molecule has 0 atom stereocenters. The Labute approximate surface area is 102 Å². The number of hydrogen-bond acceptors (Lipinski definition) is 2. The van der Waals surface area contributed by atoms with Crippen molar-refractivity contribution in [2.24, 2.45) is 5.73 Å². The van der Waals surface area contributed by atoms with Crippen molar-refractivity contribution < 1.29 is 4.79 Å². The van der Waals surface area contributed by atoms with E-state index in [9.17, 15) is 4.79 Å². The van der Waals surface area contributed by atoms with Crippen LogP contribution < -0.4 is 5.73 Å². The maximum absolute atomic E-state index is 11.8. The molecule has 0 bridgehead atoms. The third kappa shape index (κ3) is 3.19. The van der Waals surface area contributed by atoms with Crippen molar-refractivity contribution in [2.45, 2.75) is 0 Å². The van der Waals surface area contributed by atoms with Gasteiger partial charge >= 0.3 is 0 Å². The average Bonchev–Trinajstić information content (AvgIpc) is 2.17. The second kappa shape index (κ2) is 5.49. The van der Waals surface area contributed by atoms with Crippen LogP contribution in [0.3, 0.4) is 0 Å². The number of nitrogens with two attached hydrogens (primary N) is 1. The summed E-state index contributed by atoms with van der Waals surface area (Å²) in [6, 6.07) is 5.18. The normalized spacial score (nSPS) is 10.1. The van der Waals surface area contributed by atoms with Crippen molar-refractivity contribution in [2.75, 3.05) is 20.1 Å². The van der Waals surface area contributed by atoms with E-state index < -0.39 is 0 Å². The average molecular weight is 292 g/mol. The van der Waals surface area contributed by atoms with Crippen LogP contribution in [0.2, 0.25) is 5.02 Å². The molecule has 0 heterocycles. The second-order valence-electron chi connectivity index (χ2n) is 3.14. The maximum Gasteiger partial charge on any atom is 0.255 e. The molecule has 0 aliphatic rings. The van der Waals surface area contributed by atoms with Gasteiger partial charge in [0.2, 0.25) is 0 Å². The zero-order valence-corrected chi connectivity index (χ0v) is 10.7. The van der Waals surface area contributed by atoms with Crippen LogP contribution in [0.5, 0.6) is 0 Å². The van der Waals surface area contributed by atoms with Crippen molar-refractivity contribution in [3.63, 3.8) is 0 Å². The molecule has 0 fully saturated rings. The molecule has 0 aliphatic carbocycles. The SMILES string of the molecule is CN(CCN)C(=O)c1ccc(Br)cc1Cl. The monoisotopic (exact) mass is 290 g/mol. The molecule has 0 saturated heterocycles. The lowest BCUT2D eigenvalue weighted by Crippen LogP contribution is -2.31. The quantitative estimate of drug-likeness (QED) is 0.927. The largest absolute Gasteiger partial charge is 0.340 e. The summed E-state index contributed by atoms with van der Waals surface area (Å²) in [5, 5.41) is 0.443. The van der Waals surface area contributed by atoms with Crippen molar-refractivity contribution in [1.82, 2.24) is 4.90 Å². The first-order valence-corrected chi connectivity index (χ1v) is 5.64. The van der Waals surface area contributed by atoms with E-state index in [-0.39, 0.29) is 5.91 Å². The lowest BCUT2D eigenvalue weighted by Gasteiger charge is -2.16. The van der Waals surface area contributed by atoms with E-state index in [1.807, 2.05) is 0 Å². The smallest absolute Gasteiger partial charge is 0.255 e. The Kier molecular flexibility index (Phi) is 4.57. The van der Waals surface area contributed by atoms with Gasteiger partial charge in [-0.3, -0.25) is 4.79 Å². The molecular formula is C10H12BrClN2O. The molecule has 0 aromatic heterocycles. The van der Waals surface area contributed by atoms with Gasteiger partial charge in [-0.25, -0.2) is 0 Å². The number of amides is 1. The van der Waals surface area contributed by atoms with E-state index in [1.54, 1.807) is 30.1 Å². The Balaban J connectivity index is 2.91. The fraction of sp³-hybridized carbons (Fsp3) is 0.300. The molecule has 1 aromatic rings. The van der Waals surface area contributed by atoms with Crippen LogP contribution in [0.1, 0.15) is 10.4 Å². The van der Waals surface area contributed by atoms with Gasteiger partial charge < -0.3 is 10.6 Å². The van der Waals surface area contributed by atoms with E-state index >= 15 is 0 Å². The lowest BCUT2D eigenvalue weighted by molar-refractivity contribution is 0.0799. The number of likely N-dealkylation sites (N-methyl/N-ethyl adjacent to an activating group) is 1. The number of halogens is 2. The van der Waals surface area contributed by atoms with E-state index in [2.05, 4.69) is 15.9 Å². The van der Waals surface area contributed by atoms with Crippen molar-refractivity contribution in [3.8, 4) is 0 Å². The fourth-order valence-electron chi connectivity index (χ4n) is 1.16. The van der Waals surface area contributed by atoms with Crippen LogP contribution in [0.25, 0.3) is 0 Å². The Morgan fingerprint density at radius 1 is 1.60 bits per heavy atom. The summed E-state index contributed by atoms with van der Waals surface area (Å²) in [6.07, 6.45) is 0. The van der Waals surface area contributed by atoms with Gasteiger partial charge in [0.15, 0.2) is 0 Å². The third-order valence-electron chi connectivity index (χ3n) is 1.97. The molecule has 2 N–H and O–H groups in total. The highest BCUT2D eigenvalue weighted by Crippen LogP contribution is 2.22. The number of nitrogens with zero attached hydrogens (tertiary/aromatic N) is 1. The summed E-state index contributed by atoms with van der Waals surface area (Å²) in [4.78, 5) is 13.4. The minimum absolute atomic E-state index is 0.113. The molecule has 0 saturated carbocycles. The predicted octanol–water partition coefficient (Wildman–Crippen LogP) is 2.13. The van der Waals surface area contributed by atoms with E-state index in [0.29, 0.717) is 23.7 Å². The zero-order valence-electron chi connectivity index (χ0n) is 8.34. The highest BCUT2D eigenvalue weighted by molar-refractivity contribution is 9.10. The highest BCUT2D eigenvalue weighted by Gasteiger charge is 2.14. The van der Waals surface area contributed by atoms with Crippen LogP contribution in [0.15, 0.2) is 22.7 Å². The predicted molar refractivity (Wildman–Crippen MR) is 65.2 cm³/mol. The van der Waals surface area contributed by atoms with Crippen molar-refractivity contribution in [3.05, 3.63) is 33.3 Å². The van der Waals surface area contributed by atoms with Gasteiger partial charge in [-0.2, -0.15) is 0 Å². The van der Waals surface area contributed by atoms with Gasteiger partial charge in [0, 0.05) is 24.6 Å². The van der Waals surface area contributed by atoms with Gasteiger partial charge in [0.1, 0.15) is 0 Å². The first-order chi connectivity index (χ1) is 7.06. The van der Waals surface area contributed by atoms with Crippen LogP contribution in [-0.2, 0) is 0 Å². The van der Waals surface area contributed by atoms with E-state index in [0.717, 1.165) is 4.47 Å². The first-order valence-electron chi connectivity index (χ1n) is 4.47. The molecule has 82 valence electrons. The number of carbonyl (C=O) groups excluding carboxylic acids is 1. The summed E-state index contributed by atoms with van der Waals surface area (Å²) in [7, 11) is 1.70. The summed E-state index contributed by atoms with van der Waals surface area (Å²) in [5.74, 6) is -0.113. The number of rotatable bonds is 3. The third-order valence-corrected chi connectivity index (χ3v) is 2.78. The van der Waals surface area contributed by atoms with Crippen molar-refractivity contribution >= 4 is 33.4 Å². The molecule has 0 radical (unpaired) electrons. The summed E-state index contributed by atoms with van der Waals surface area (Å²) in [6.45, 7) is 0.960. The summed E-state index contributed by atoms with van der Waals surface area (Å²) >= 11 is 9.24. The molecule has 15 heavy (non-hydrogen) atoms. The van der Waals surface area contributed by atoms with Gasteiger partial charge in [0.25, 0.3) is 5.91 Å². The number of carbonyl (C=O) groups is 1. The van der Waals surface area contributed by atoms with Crippen LogP contribution in [-0.4, -0.2) is 30.9 Å². The molecule has 1 rings (SSSR count). The topological polar surface area (TPSA) is 46.3 Å². The Morgan fingerprint density at radius 2 is 2.27 bits per heavy atom. The van der Waals surface area contributed by atoms with Crippen LogP contribution >= 0.6 is 27.5 Å². The Hall–Kier alpha value is -0.580. The first kappa shape index (κ1) is 12.5. The van der Waals surface area contributed by atoms with Gasteiger partial charge in [-0.15, -0.1) is 0 Å². The second-order valence-corrected chi connectivity index (χ2v) is 4.46. The van der Waals surface area contributed by atoms with Crippen LogP contribution in [0.4, 0.5) is 0 Å². The molecule has 5 heteroatoms. The highest BCUT2D eigenvalue weighted by atomic mass is 79.9. The van der Waals surface area contributed by atoms with E-state index in [4.69, 9.17) is 17.3 Å². The Bertz CT molecular complexity index is 370. The lowest BCUT2D eigenvalue weighted by atomic mass is 10.2. The standard InChI is InChI=1S/C10H12BrClN2O/c1-14(5-4-13)10(15)8-3-2-7(11)6-9(8)12/h2-3,6H,4-5,13H2,1H3. The van der Waals surface area contributed by atoms with Gasteiger partial charge in [-0.05, 0) is 18.2 Å². The summed E-state index contributed by atoms with van der Waals surface area (Å²) in [5.41, 5.74) is 5.87. The molecule has 3 nitrogen and oxygen atoms in total. The minimum Gasteiger partial charge on any atom is -0.340 e. The van der Waals surface area contributed by atoms with Gasteiger partial charge in [0.05, 0.1) is 10.6 Å². The summed E-state index contributed by atoms with van der Waals surface area (Å²) < 4.78 is 0.852. The molecule has 1 aromatic carbocycles. The van der Waals surface area contributed by atoms with Crippen LogP contribution in [0, 0.1) is 0 Å². The Morgan fingerprint density at radius 3 is 2.80 bits per heavy atom. The molecule has 0 unspecified atom stereocenters. The zero-order chi connectivity index (χ0) is 11.4. The minimum atomic E-state index is -0.113. The number of benzene rings is 1. The molecule has 0 aliphatic heterocycles. The molecular weight excluding hydrogens is 279 g/mol. The fourth-order valence-corrected chi connectivity index (χ4v) is 1.92. The van der Waals surface area contributed by atoms with Gasteiger partial charge in [-0.1, -0.05) is 27.5 Å². The number of hydrogen-bond donors (Lipinski definition) is 1. The van der Waals surface area contributed by atoms with Crippen molar-refractivity contribution in [1.29, 1.82) is 0 Å².